The summed E-state index contributed by atoms with van der Waals surface area (Å²) < 4.78 is 0. The molecule has 1 rings (SSSR count). The van der Waals surface area contributed by atoms with Gasteiger partial charge in [-0.2, -0.15) is 23.5 Å². The molecule has 1 amide bonds. The molecule has 0 aliphatic carbocycles. The Balaban J connectivity index is 2.86. The minimum Gasteiger partial charge on any atom is -0.480 e. The number of carboxylic acid groups (broad SMARTS) is 1. The standard InChI is InChI=1S/C12H17N3O4S2/c1-20-4-3-7(12(18)19)14-11(17)8-5-10(16)15-9(13-8)6-21-2/h5,7H,3-4,6H2,1-2H3,(H,14,17)(H,18,19)(H,13,15,16). The van der Waals surface area contributed by atoms with Gasteiger partial charge in [0.05, 0.1) is 5.75 Å². The maximum Gasteiger partial charge on any atom is 0.326 e. The fraction of sp³-hybridized carbons (Fsp3) is 0.500. The predicted octanol–water partition coefficient (Wildman–Crippen LogP) is 0.569. The number of thioether (sulfide) groups is 2. The summed E-state index contributed by atoms with van der Waals surface area (Å²) in [6.45, 7) is 0. The van der Waals surface area contributed by atoms with Gasteiger partial charge in [0.15, 0.2) is 0 Å². The number of aliphatic carboxylic acids is 1. The molecule has 0 bridgehead atoms. The molecule has 3 N–H and O–H groups in total. The summed E-state index contributed by atoms with van der Waals surface area (Å²) >= 11 is 2.95. The first-order valence-electron chi connectivity index (χ1n) is 6.09. The van der Waals surface area contributed by atoms with Gasteiger partial charge in [0, 0.05) is 6.07 Å². The van der Waals surface area contributed by atoms with Crippen molar-refractivity contribution in [2.75, 3.05) is 18.3 Å². The molecular weight excluding hydrogens is 314 g/mol. The maximum atomic E-state index is 12.0. The van der Waals surface area contributed by atoms with Gasteiger partial charge in [0.2, 0.25) is 0 Å². The lowest BCUT2D eigenvalue weighted by atomic mass is 10.2. The highest BCUT2D eigenvalue weighted by Gasteiger charge is 2.21. The van der Waals surface area contributed by atoms with E-state index in [1.165, 1.54) is 23.5 Å². The van der Waals surface area contributed by atoms with Crippen LogP contribution in [-0.2, 0) is 10.5 Å². The smallest absolute Gasteiger partial charge is 0.326 e. The Bertz CT molecular complexity index is 562. The zero-order valence-corrected chi connectivity index (χ0v) is 13.3. The molecule has 0 radical (unpaired) electrons. The van der Waals surface area contributed by atoms with Gasteiger partial charge in [0.25, 0.3) is 11.5 Å². The third-order valence-corrected chi connectivity index (χ3v) is 3.72. The van der Waals surface area contributed by atoms with Crippen LogP contribution in [0.4, 0.5) is 0 Å². The van der Waals surface area contributed by atoms with Crippen molar-refractivity contribution in [3.63, 3.8) is 0 Å². The molecule has 0 aromatic carbocycles. The Labute approximate surface area is 130 Å². The number of hydrogen-bond donors (Lipinski definition) is 3. The molecule has 0 spiro atoms. The van der Waals surface area contributed by atoms with Gasteiger partial charge in [0.1, 0.15) is 17.6 Å². The second-order valence-electron chi connectivity index (χ2n) is 4.16. The summed E-state index contributed by atoms with van der Waals surface area (Å²) in [6.07, 6.45) is 4.01. The fourth-order valence-corrected chi connectivity index (χ4v) is 2.44. The quantitative estimate of drug-likeness (QED) is 0.638. The topological polar surface area (TPSA) is 112 Å². The van der Waals surface area contributed by atoms with Gasteiger partial charge < -0.3 is 15.4 Å². The van der Waals surface area contributed by atoms with Crippen LogP contribution >= 0.6 is 23.5 Å². The highest BCUT2D eigenvalue weighted by molar-refractivity contribution is 7.98. The first kappa shape index (κ1) is 17.6. The van der Waals surface area contributed by atoms with Gasteiger partial charge in [-0.3, -0.25) is 9.59 Å². The zero-order chi connectivity index (χ0) is 15.8. The number of carbonyl (C=O) groups is 2. The number of carbonyl (C=O) groups excluding carboxylic acids is 1. The average molecular weight is 331 g/mol. The first-order valence-corrected chi connectivity index (χ1v) is 8.88. The molecule has 1 aromatic heterocycles. The van der Waals surface area contributed by atoms with Crippen molar-refractivity contribution in [1.82, 2.24) is 15.3 Å². The van der Waals surface area contributed by atoms with Crippen molar-refractivity contribution in [3.05, 3.63) is 27.9 Å². The molecule has 1 aromatic rings. The lowest BCUT2D eigenvalue weighted by molar-refractivity contribution is -0.139. The fourth-order valence-electron chi connectivity index (χ4n) is 1.55. The van der Waals surface area contributed by atoms with Crippen molar-refractivity contribution in [1.29, 1.82) is 0 Å². The molecule has 1 unspecified atom stereocenters. The van der Waals surface area contributed by atoms with E-state index in [4.69, 9.17) is 5.11 Å². The molecule has 0 aliphatic rings. The van der Waals surface area contributed by atoms with Crippen molar-refractivity contribution in [3.8, 4) is 0 Å². The predicted molar refractivity (Wildman–Crippen MR) is 84.0 cm³/mol. The number of nitrogens with one attached hydrogen (secondary N) is 2. The largest absolute Gasteiger partial charge is 0.480 e. The molecule has 0 saturated heterocycles. The number of nitrogens with zero attached hydrogens (tertiary/aromatic N) is 1. The normalized spacial score (nSPS) is 11.9. The summed E-state index contributed by atoms with van der Waals surface area (Å²) in [5, 5.41) is 11.5. The molecule has 7 nitrogen and oxygen atoms in total. The number of aromatic amines is 1. The van der Waals surface area contributed by atoms with Crippen LogP contribution < -0.4 is 10.9 Å². The van der Waals surface area contributed by atoms with Crippen molar-refractivity contribution >= 4 is 35.4 Å². The van der Waals surface area contributed by atoms with E-state index in [-0.39, 0.29) is 5.69 Å². The maximum absolute atomic E-state index is 12.0. The summed E-state index contributed by atoms with van der Waals surface area (Å²) in [5.74, 6) is -0.303. The summed E-state index contributed by atoms with van der Waals surface area (Å²) in [6, 6.07) is 0.0714. The number of carboxylic acids is 1. The van der Waals surface area contributed by atoms with Gasteiger partial charge in [-0.05, 0) is 24.7 Å². The molecule has 9 heteroatoms. The van der Waals surface area contributed by atoms with Gasteiger partial charge in [-0.25, -0.2) is 9.78 Å². The molecule has 0 saturated carbocycles. The summed E-state index contributed by atoms with van der Waals surface area (Å²) in [4.78, 5) is 41.2. The summed E-state index contributed by atoms with van der Waals surface area (Å²) in [5.41, 5.74) is -0.506. The van der Waals surface area contributed by atoms with Crippen LogP contribution in [0.3, 0.4) is 0 Å². The third-order valence-electron chi connectivity index (χ3n) is 2.52. The van der Waals surface area contributed by atoms with Crippen LogP contribution in [0.15, 0.2) is 10.9 Å². The van der Waals surface area contributed by atoms with Gasteiger partial charge >= 0.3 is 5.97 Å². The van der Waals surface area contributed by atoms with E-state index in [2.05, 4.69) is 15.3 Å². The molecule has 0 aliphatic heterocycles. The lowest BCUT2D eigenvalue weighted by Gasteiger charge is -2.13. The Morgan fingerprint density at radius 2 is 2.14 bits per heavy atom. The second-order valence-corrected chi connectivity index (χ2v) is 6.01. The third kappa shape index (κ3) is 5.80. The molecule has 116 valence electrons. The molecule has 21 heavy (non-hydrogen) atoms. The summed E-state index contributed by atoms with van der Waals surface area (Å²) in [7, 11) is 0. The van der Waals surface area contributed by atoms with E-state index in [1.807, 2.05) is 12.5 Å². The van der Waals surface area contributed by atoms with Crippen LogP contribution in [0.1, 0.15) is 22.7 Å². The second kappa shape index (κ2) is 8.73. The Morgan fingerprint density at radius 3 is 2.71 bits per heavy atom. The minimum atomic E-state index is -1.11. The Morgan fingerprint density at radius 1 is 1.43 bits per heavy atom. The molecule has 1 heterocycles. The van der Waals surface area contributed by atoms with Crippen molar-refractivity contribution < 1.29 is 14.7 Å². The monoisotopic (exact) mass is 331 g/mol. The van der Waals surface area contributed by atoms with Gasteiger partial charge in [-0.1, -0.05) is 0 Å². The van der Waals surface area contributed by atoms with E-state index in [0.717, 1.165) is 6.07 Å². The molecule has 1 atom stereocenters. The van der Waals surface area contributed by atoms with Crippen LogP contribution in [0, 0.1) is 0 Å². The van der Waals surface area contributed by atoms with Crippen LogP contribution in [0.2, 0.25) is 0 Å². The number of aromatic nitrogens is 2. The van der Waals surface area contributed by atoms with Gasteiger partial charge in [-0.15, -0.1) is 0 Å². The van der Waals surface area contributed by atoms with Crippen LogP contribution in [0.5, 0.6) is 0 Å². The molecular formula is C12H17N3O4S2. The Hall–Kier alpha value is -1.48. The highest BCUT2D eigenvalue weighted by Crippen LogP contribution is 2.04. The van der Waals surface area contributed by atoms with E-state index >= 15 is 0 Å². The average Bonchev–Trinajstić information content (AvgIpc) is 2.42. The SMILES string of the molecule is CSCCC(NC(=O)c1cc(=O)[nH]c(CSC)n1)C(=O)O. The highest BCUT2D eigenvalue weighted by atomic mass is 32.2. The molecule has 0 fully saturated rings. The van der Waals surface area contributed by atoms with E-state index in [9.17, 15) is 14.4 Å². The minimum absolute atomic E-state index is 0.0711. The van der Waals surface area contributed by atoms with Crippen molar-refractivity contribution in [2.24, 2.45) is 0 Å². The van der Waals surface area contributed by atoms with Crippen LogP contribution in [0.25, 0.3) is 0 Å². The number of amides is 1. The van der Waals surface area contributed by atoms with E-state index in [1.54, 1.807) is 0 Å². The van der Waals surface area contributed by atoms with Crippen molar-refractivity contribution in [2.45, 2.75) is 18.2 Å². The first-order chi connectivity index (χ1) is 9.97. The lowest BCUT2D eigenvalue weighted by Crippen LogP contribution is -2.41. The van der Waals surface area contributed by atoms with E-state index < -0.39 is 23.5 Å². The van der Waals surface area contributed by atoms with Crippen LogP contribution in [-0.4, -0.2) is 51.3 Å². The van der Waals surface area contributed by atoms with E-state index in [0.29, 0.717) is 23.8 Å². The number of rotatable bonds is 8. The Kier molecular flexibility index (Phi) is 7.30. The zero-order valence-electron chi connectivity index (χ0n) is 11.7. The number of H-pyrrole nitrogens is 1. The number of hydrogen-bond acceptors (Lipinski definition) is 6.